The molecule has 1 saturated heterocycles. The van der Waals surface area contributed by atoms with Gasteiger partial charge in [0.1, 0.15) is 5.75 Å². The van der Waals surface area contributed by atoms with E-state index in [1.165, 1.54) is 4.57 Å². The highest BCUT2D eigenvalue weighted by Crippen LogP contribution is 2.21. The number of likely N-dealkylation sites (tertiary alicyclic amines) is 1. The Labute approximate surface area is 199 Å². The molecule has 7 heteroatoms. The SMILES string of the molecule is CCC1CCCCN1C(=O)CCNC(=O)c1cn(-c2cccc(OC)c2)c(=O)c2ccccc12. The second-order valence-corrected chi connectivity index (χ2v) is 8.62. The summed E-state index contributed by atoms with van der Waals surface area (Å²) in [5.41, 5.74) is 0.774. The first-order valence-corrected chi connectivity index (χ1v) is 11.9. The Morgan fingerprint density at radius 3 is 2.65 bits per heavy atom. The van der Waals surface area contributed by atoms with Gasteiger partial charge in [0.2, 0.25) is 5.91 Å². The quantitative estimate of drug-likeness (QED) is 0.579. The lowest BCUT2D eigenvalue weighted by atomic mass is 9.99. The molecule has 1 aliphatic heterocycles. The lowest BCUT2D eigenvalue weighted by Crippen LogP contribution is -2.44. The van der Waals surface area contributed by atoms with E-state index in [4.69, 9.17) is 4.74 Å². The largest absolute Gasteiger partial charge is 0.497 e. The Hall–Kier alpha value is -3.61. The van der Waals surface area contributed by atoms with Crippen LogP contribution in [-0.4, -0.2) is 47.5 Å². The molecule has 0 radical (unpaired) electrons. The Morgan fingerprint density at radius 1 is 1.09 bits per heavy atom. The van der Waals surface area contributed by atoms with Crippen LogP contribution >= 0.6 is 0 Å². The van der Waals surface area contributed by atoms with Crippen molar-refractivity contribution in [3.63, 3.8) is 0 Å². The van der Waals surface area contributed by atoms with Gasteiger partial charge in [-0.05, 0) is 43.9 Å². The Balaban J connectivity index is 1.57. The fourth-order valence-corrected chi connectivity index (χ4v) is 4.70. The third kappa shape index (κ3) is 4.83. The average molecular weight is 462 g/mol. The number of ether oxygens (including phenoxy) is 1. The van der Waals surface area contributed by atoms with E-state index in [2.05, 4.69) is 12.2 Å². The van der Waals surface area contributed by atoms with Crippen LogP contribution in [0.25, 0.3) is 16.5 Å². The van der Waals surface area contributed by atoms with Crippen LogP contribution in [0.5, 0.6) is 5.75 Å². The molecule has 2 heterocycles. The summed E-state index contributed by atoms with van der Waals surface area (Å²) in [6, 6.07) is 14.5. The molecule has 1 unspecified atom stereocenters. The van der Waals surface area contributed by atoms with Crippen molar-refractivity contribution in [3.05, 3.63) is 70.6 Å². The van der Waals surface area contributed by atoms with E-state index >= 15 is 0 Å². The van der Waals surface area contributed by atoms with Crippen LogP contribution in [0.4, 0.5) is 0 Å². The minimum Gasteiger partial charge on any atom is -0.497 e. The van der Waals surface area contributed by atoms with Crippen molar-refractivity contribution in [2.24, 2.45) is 0 Å². The van der Waals surface area contributed by atoms with Crippen LogP contribution in [-0.2, 0) is 4.79 Å². The lowest BCUT2D eigenvalue weighted by molar-refractivity contribution is -0.134. The monoisotopic (exact) mass is 461 g/mol. The Kier molecular flexibility index (Phi) is 7.30. The second-order valence-electron chi connectivity index (χ2n) is 8.62. The highest BCUT2D eigenvalue weighted by molar-refractivity contribution is 6.06. The van der Waals surface area contributed by atoms with Crippen molar-refractivity contribution in [2.45, 2.75) is 45.1 Å². The number of hydrogen-bond donors (Lipinski definition) is 1. The van der Waals surface area contributed by atoms with E-state index < -0.39 is 0 Å². The summed E-state index contributed by atoms with van der Waals surface area (Å²) in [5, 5.41) is 3.92. The first kappa shape index (κ1) is 23.5. The maximum atomic E-state index is 13.2. The number of amides is 2. The molecule has 2 aromatic carbocycles. The molecule has 4 rings (SSSR count). The van der Waals surface area contributed by atoms with Gasteiger partial charge in [0.25, 0.3) is 11.5 Å². The summed E-state index contributed by atoms with van der Waals surface area (Å²) in [4.78, 5) is 41.1. The van der Waals surface area contributed by atoms with E-state index in [1.54, 1.807) is 61.8 Å². The predicted octanol–water partition coefficient (Wildman–Crippen LogP) is 3.91. The van der Waals surface area contributed by atoms with Gasteiger partial charge in [-0.3, -0.25) is 19.0 Å². The topological polar surface area (TPSA) is 80.6 Å². The first-order valence-electron chi connectivity index (χ1n) is 11.9. The maximum absolute atomic E-state index is 13.2. The van der Waals surface area contributed by atoms with Gasteiger partial charge in [0.15, 0.2) is 0 Å². The summed E-state index contributed by atoms with van der Waals surface area (Å²) >= 11 is 0. The summed E-state index contributed by atoms with van der Waals surface area (Å²) in [5.74, 6) is 0.384. The molecule has 34 heavy (non-hydrogen) atoms. The molecule has 7 nitrogen and oxygen atoms in total. The predicted molar refractivity (Wildman–Crippen MR) is 133 cm³/mol. The van der Waals surface area contributed by atoms with E-state index in [0.717, 1.165) is 32.2 Å². The van der Waals surface area contributed by atoms with Gasteiger partial charge in [0, 0.05) is 48.6 Å². The maximum Gasteiger partial charge on any atom is 0.262 e. The molecule has 3 aromatic rings. The number of rotatable bonds is 7. The molecule has 178 valence electrons. The third-order valence-electron chi connectivity index (χ3n) is 6.54. The average Bonchev–Trinajstić information content (AvgIpc) is 2.88. The van der Waals surface area contributed by atoms with E-state index in [1.807, 2.05) is 4.90 Å². The number of pyridine rings is 1. The number of aromatic nitrogens is 1. The molecule has 2 amide bonds. The van der Waals surface area contributed by atoms with Crippen LogP contribution in [0.1, 0.15) is 49.4 Å². The van der Waals surface area contributed by atoms with Crippen molar-refractivity contribution in [3.8, 4) is 11.4 Å². The number of benzene rings is 2. The number of nitrogens with one attached hydrogen (secondary N) is 1. The summed E-state index contributed by atoms with van der Waals surface area (Å²) < 4.78 is 6.75. The molecular weight excluding hydrogens is 430 g/mol. The zero-order valence-corrected chi connectivity index (χ0v) is 19.8. The van der Waals surface area contributed by atoms with Crippen LogP contribution < -0.4 is 15.6 Å². The number of carbonyl (C=O) groups excluding carboxylic acids is 2. The number of piperidine rings is 1. The first-order chi connectivity index (χ1) is 16.5. The molecule has 0 spiro atoms. The van der Waals surface area contributed by atoms with Gasteiger partial charge < -0.3 is 15.0 Å². The molecule has 1 N–H and O–H groups in total. The molecular formula is C27H31N3O4. The van der Waals surface area contributed by atoms with Gasteiger partial charge in [-0.15, -0.1) is 0 Å². The lowest BCUT2D eigenvalue weighted by Gasteiger charge is -2.35. The zero-order valence-electron chi connectivity index (χ0n) is 19.8. The Morgan fingerprint density at radius 2 is 1.88 bits per heavy atom. The van der Waals surface area contributed by atoms with E-state index in [9.17, 15) is 14.4 Å². The van der Waals surface area contributed by atoms with Gasteiger partial charge in [0.05, 0.1) is 18.4 Å². The normalized spacial score (nSPS) is 15.8. The van der Waals surface area contributed by atoms with Crippen molar-refractivity contribution in [1.29, 1.82) is 0 Å². The van der Waals surface area contributed by atoms with E-state index in [-0.39, 0.29) is 30.3 Å². The minimum absolute atomic E-state index is 0.0815. The Bertz CT molecular complexity index is 1250. The van der Waals surface area contributed by atoms with Gasteiger partial charge in [-0.1, -0.05) is 31.2 Å². The van der Waals surface area contributed by atoms with Crippen molar-refractivity contribution in [2.75, 3.05) is 20.2 Å². The van der Waals surface area contributed by atoms with Gasteiger partial charge in [-0.25, -0.2) is 0 Å². The molecule has 0 aliphatic carbocycles. The fourth-order valence-electron chi connectivity index (χ4n) is 4.70. The highest BCUT2D eigenvalue weighted by Gasteiger charge is 2.25. The standard InChI is InChI=1S/C27H31N3O4/c1-3-19-9-6-7-16-29(19)25(31)14-15-28-26(32)24-18-30(20-10-8-11-21(17-20)34-2)27(33)23-13-5-4-12-22(23)24/h4-5,8,10-13,17-19H,3,6-7,9,14-16H2,1-2H3,(H,28,32). The number of fused-ring (bicyclic) bond motifs is 1. The molecule has 0 saturated carbocycles. The van der Waals surface area contributed by atoms with Crippen LogP contribution in [0.2, 0.25) is 0 Å². The van der Waals surface area contributed by atoms with Gasteiger partial charge in [-0.2, -0.15) is 0 Å². The molecule has 1 atom stereocenters. The summed E-state index contributed by atoms with van der Waals surface area (Å²) in [6.07, 6.45) is 6.02. The minimum atomic E-state index is -0.314. The highest BCUT2D eigenvalue weighted by atomic mass is 16.5. The van der Waals surface area contributed by atoms with Crippen LogP contribution in [0.3, 0.4) is 0 Å². The summed E-state index contributed by atoms with van der Waals surface area (Å²) in [7, 11) is 1.56. The number of nitrogens with zero attached hydrogens (tertiary/aromatic N) is 2. The smallest absolute Gasteiger partial charge is 0.262 e. The van der Waals surface area contributed by atoms with E-state index in [0.29, 0.717) is 33.8 Å². The zero-order chi connectivity index (χ0) is 24.1. The van der Waals surface area contributed by atoms with Crippen molar-refractivity contribution in [1.82, 2.24) is 14.8 Å². The number of hydrogen-bond acceptors (Lipinski definition) is 4. The third-order valence-corrected chi connectivity index (χ3v) is 6.54. The van der Waals surface area contributed by atoms with Crippen molar-refractivity contribution >= 4 is 22.6 Å². The second kappa shape index (κ2) is 10.5. The number of carbonyl (C=O) groups is 2. The number of methoxy groups -OCH3 is 1. The molecule has 1 aliphatic rings. The van der Waals surface area contributed by atoms with Gasteiger partial charge >= 0.3 is 0 Å². The van der Waals surface area contributed by atoms with Crippen molar-refractivity contribution < 1.29 is 14.3 Å². The van der Waals surface area contributed by atoms with Crippen LogP contribution in [0, 0.1) is 0 Å². The molecule has 1 fully saturated rings. The molecule has 1 aromatic heterocycles. The fraction of sp³-hybridized carbons (Fsp3) is 0.370. The molecule has 0 bridgehead atoms. The van der Waals surface area contributed by atoms with Crippen LogP contribution in [0.15, 0.2) is 59.5 Å². The summed E-state index contributed by atoms with van der Waals surface area (Å²) in [6.45, 7) is 3.15.